The summed E-state index contributed by atoms with van der Waals surface area (Å²) in [5.74, 6) is -1.07. The van der Waals surface area contributed by atoms with Crippen LogP contribution in [0.5, 0.6) is 0 Å². The molecule has 0 aliphatic heterocycles. The van der Waals surface area contributed by atoms with Crippen molar-refractivity contribution in [1.29, 1.82) is 0 Å². The van der Waals surface area contributed by atoms with E-state index in [1.165, 1.54) is 19.2 Å². The van der Waals surface area contributed by atoms with Crippen molar-refractivity contribution in [3.63, 3.8) is 0 Å². The molecule has 0 saturated carbocycles. The standard InChI is InChI=1S/C11H11F3O3/c1-17-9(6-10(15)16)7-2-4-8(5-3-7)11(12,13)14/h2-5,9H,6H2,1H3,(H,15,16). The first-order valence-electron chi connectivity index (χ1n) is 4.76. The Kier molecular flexibility index (Phi) is 4.11. The minimum Gasteiger partial charge on any atom is -0.481 e. The summed E-state index contributed by atoms with van der Waals surface area (Å²) < 4.78 is 41.8. The van der Waals surface area contributed by atoms with Gasteiger partial charge >= 0.3 is 12.1 Å². The molecular weight excluding hydrogens is 237 g/mol. The molecule has 94 valence electrons. The fourth-order valence-corrected chi connectivity index (χ4v) is 1.38. The van der Waals surface area contributed by atoms with E-state index in [1.807, 2.05) is 0 Å². The number of carboxylic acid groups (broad SMARTS) is 1. The van der Waals surface area contributed by atoms with Gasteiger partial charge < -0.3 is 9.84 Å². The zero-order valence-corrected chi connectivity index (χ0v) is 8.99. The zero-order chi connectivity index (χ0) is 13.1. The Bertz CT molecular complexity index is 384. The van der Waals surface area contributed by atoms with E-state index in [-0.39, 0.29) is 6.42 Å². The van der Waals surface area contributed by atoms with E-state index in [0.29, 0.717) is 5.56 Å². The first kappa shape index (κ1) is 13.5. The average Bonchev–Trinajstić information content (AvgIpc) is 2.24. The number of halogens is 3. The lowest BCUT2D eigenvalue weighted by Crippen LogP contribution is -2.09. The molecule has 0 aliphatic rings. The number of ether oxygens (including phenoxy) is 1. The smallest absolute Gasteiger partial charge is 0.416 e. The third-order valence-electron chi connectivity index (χ3n) is 2.25. The highest BCUT2D eigenvalue weighted by atomic mass is 19.4. The van der Waals surface area contributed by atoms with Gasteiger partial charge in [0.2, 0.25) is 0 Å². The molecule has 0 spiro atoms. The van der Waals surface area contributed by atoms with Crippen LogP contribution in [0.2, 0.25) is 0 Å². The fourth-order valence-electron chi connectivity index (χ4n) is 1.38. The molecule has 1 rings (SSSR count). The van der Waals surface area contributed by atoms with Crippen molar-refractivity contribution in [3.8, 4) is 0 Å². The summed E-state index contributed by atoms with van der Waals surface area (Å²) in [6, 6.07) is 4.26. The molecule has 0 amide bonds. The molecule has 0 fully saturated rings. The van der Waals surface area contributed by atoms with E-state index < -0.39 is 23.8 Å². The third kappa shape index (κ3) is 3.74. The maximum atomic E-state index is 12.3. The van der Waals surface area contributed by atoms with Gasteiger partial charge in [-0.3, -0.25) is 4.79 Å². The summed E-state index contributed by atoms with van der Waals surface area (Å²) >= 11 is 0. The molecule has 1 unspecified atom stereocenters. The van der Waals surface area contributed by atoms with Crippen LogP contribution in [-0.4, -0.2) is 18.2 Å². The summed E-state index contributed by atoms with van der Waals surface area (Å²) in [7, 11) is 1.31. The maximum absolute atomic E-state index is 12.3. The van der Waals surface area contributed by atoms with Gasteiger partial charge in [0.15, 0.2) is 0 Å². The van der Waals surface area contributed by atoms with Crippen LogP contribution >= 0.6 is 0 Å². The number of hydrogen-bond acceptors (Lipinski definition) is 2. The first-order chi connectivity index (χ1) is 7.84. The van der Waals surface area contributed by atoms with E-state index in [1.54, 1.807) is 0 Å². The normalized spacial score (nSPS) is 13.4. The first-order valence-corrected chi connectivity index (χ1v) is 4.76. The number of hydrogen-bond donors (Lipinski definition) is 1. The van der Waals surface area contributed by atoms with Crippen LogP contribution in [-0.2, 0) is 15.7 Å². The van der Waals surface area contributed by atoms with Crippen molar-refractivity contribution in [2.24, 2.45) is 0 Å². The highest BCUT2D eigenvalue weighted by molar-refractivity contribution is 5.67. The lowest BCUT2D eigenvalue weighted by molar-refractivity contribution is -0.140. The van der Waals surface area contributed by atoms with Gasteiger partial charge in [-0.25, -0.2) is 0 Å². The lowest BCUT2D eigenvalue weighted by Gasteiger charge is -2.14. The molecule has 6 heteroatoms. The Labute approximate surface area is 95.8 Å². The molecule has 1 N–H and O–H groups in total. The van der Waals surface area contributed by atoms with E-state index in [4.69, 9.17) is 9.84 Å². The summed E-state index contributed by atoms with van der Waals surface area (Å²) in [6.07, 6.45) is -5.43. The second kappa shape index (κ2) is 5.18. The summed E-state index contributed by atoms with van der Waals surface area (Å²) in [5, 5.41) is 8.60. The van der Waals surface area contributed by atoms with Crippen LogP contribution in [0, 0.1) is 0 Å². The van der Waals surface area contributed by atoms with Crippen LogP contribution in [0.25, 0.3) is 0 Å². The van der Waals surface area contributed by atoms with Gasteiger partial charge in [0.1, 0.15) is 0 Å². The Morgan fingerprint density at radius 1 is 1.35 bits per heavy atom. The summed E-state index contributed by atoms with van der Waals surface area (Å²) in [4.78, 5) is 10.5. The van der Waals surface area contributed by atoms with Crippen LogP contribution in [0.4, 0.5) is 13.2 Å². The second-order valence-electron chi connectivity index (χ2n) is 3.44. The molecule has 0 saturated heterocycles. The number of aliphatic carboxylic acids is 1. The number of alkyl halides is 3. The molecule has 0 aromatic heterocycles. The van der Waals surface area contributed by atoms with E-state index in [9.17, 15) is 18.0 Å². The maximum Gasteiger partial charge on any atom is 0.416 e. The predicted molar refractivity (Wildman–Crippen MR) is 53.4 cm³/mol. The topological polar surface area (TPSA) is 46.5 Å². The van der Waals surface area contributed by atoms with Gasteiger partial charge in [-0.15, -0.1) is 0 Å². The Balaban J connectivity index is 2.89. The molecule has 1 aromatic carbocycles. The highest BCUT2D eigenvalue weighted by Crippen LogP contribution is 2.30. The molecule has 3 nitrogen and oxygen atoms in total. The largest absolute Gasteiger partial charge is 0.481 e. The molecule has 0 aliphatic carbocycles. The number of carboxylic acids is 1. The molecule has 0 heterocycles. The number of benzene rings is 1. The second-order valence-corrected chi connectivity index (χ2v) is 3.44. The summed E-state index contributed by atoms with van der Waals surface area (Å²) in [6.45, 7) is 0. The minimum atomic E-state index is -4.39. The van der Waals surface area contributed by atoms with Crippen molar-refractivity contribution < 1.29 is 27.8 Å². The third-order valence-corrected chi connectivity index (χ3v) is 2.25. The van der Waals surface area contributed by atoms with Gasteiger partial charge in [0, 0.05) is 7.11 Å². The van der Waals surface area contributed by atoms with Gasteiger partial charge in [0.05, 0.1) is 18.1 Å². The molecule has 17 heavy (non-hydrogen) atoms. The van der Waals surface area contributed by atoms with Crippen molar-refractivity contribution in [2.45, 2.75) is 18.7 Å². The number of rotatable bonds is 4. The highest BCUT2D eigenvalue weighted by Gasteiger charge is 2.30. The quantitative estimate of drug-likeness (QED) is 0.891. The van der Waals surface area contributed by atoms with E-state index in [0.717, 1.165) is 12.1 Å². The van der Waals surface area contributed by atoms with E-state index in [2.05, 4.69) is 0 Å². The number of carbonyl (C=O) groups is 1. The van der Waals surface area contributed by atoms with Gasteiger partial charge in [-0.1, -0.05) is 12.1 Å². The van der Waals surface area contributed by atoms with Crippen LogP contribution in [0.15, 0.2) is 24.3 Å². The molecule has 0 radical (unpaired) electrons. The van der Waals surface area contributed by atoms with Crippen molar-refractivity contribution in [2.75, 3.05) is 7.11 Å². The van der Waals surface area contributed by atoms with Gasteiger partial charge in [0.25, 0.3) is 0 Å². The Morgan fingerprint density at radius 3 is 2.24 bits per heavy atom. The van der Waals surface area contributed by atoms with Gasteiger partial charge in [-0.05, 0) is 17.7 Å². The van der Waals surface area contributed by atoms with Gasteiger partial charge in [-0.2, -0.15) is 13.2 Å². The van der Waals surface area contributed by atoms with Crippen LogP contribution in [0.1, 0.15) is 23.7 Å². The number of methoxy groups -OCH3 is 1. The molecule has 0 bridgehead atoms. The zero-order valence-electron chi connectivity index (χ0n) is 8.99. The molecular formula is C11H11F3O3. The lowest BCUT2D eigenvalue weighted by atomic mass is 10.0. The van der Waals surface area contributed by atoms with Crippen LogP contribution < -0.4 is 0 Å². The Hall–Kier alpha value is -1.56. The fraction of sp³-hybridized carbons (Fsp3) is 0.364. The van der Waals surface area contributed by atoms with E-state index >= 15 is 0 Å². The van der Waals surface area contributed by atoms with Crippen LogP contribution in [0.3, 0.4) is 0 Å². The predicted octanol–water partition coefficient (Wildman–Crippen LogP) is 2.87. The van der Waals surface area contributed by atoms with Crippen molar-refractivity contribution in [1.82, 2.24) is 0 Å². The van der Waals surface area contributed by atoms with Crippen molar-refractivity contribution >= 4 is 5.97 Å². The Morgan fingerprint density at radius 2 is 1.88 bits per heavy atom. The molecule has 1 atom stereocenters. The minimum absolute atomic E-state index is 0.290. The summed E-state index contributed by atoms with van der Waals surface area (Å²) in [5.41, 5.74) is -0.366. The SMILES string of the molecule is COC(CC(=O)O)c1ccc(C(F)(F)F)cc1. The monoisotopic (exact) mass is 248 g/mol. The average molecular weight is 248 g/mol. The molecule has 1 aromatic rings. The van der Waals surface area contributed by atoms with Crippen molar-refractivity contribution in [3.05, 3.63) is 35.4 Å².